The molecule has 28 heavy (non-hydrogen) atoms. The van der Waals surface area contributed by atoms with Crippen LogP contribution in [0, 0.1) is 6.92 Å². The first-order chi connectivity index (χ1) is 13.4. The van der Waals surface area contributed by atoms with Crippen molar-refractivity contribution in [1.29, 1.82) is 0 Å². The predicted octanol–water partition coefficient (Wildman–Crippen LogP) is 4.31. The lowest BCUT2D eigenvalue weighted by Gasteiger charge is -2.09. The molecule has 1 N–H and O–H groups in total. The molecule has 0 aliphatic rings. The summed E-state index contributed by atoms with van der Waals surface area (Å²) in [6, 6.07) is 14.1. The molecule has 0 spiro atoms. The number of aryl methyl sites for hydroxylation is 1. The summed E-state index contributed by atoms with van der Waals surface area (Å²) in [6.45, 7) is 7.09. The van der Waals surface area contributed by atoms with Crippen LogP contribution in [-0.2, 0) is 4.74 Å². The summed E-state index contributed by atoms with van der Waals surface area (Å²) in [6.07, 6.45) is 0.964. The van der Waals surface area contributed by atoms with E-state index in [0.29, 0.717) is 35.4 Å². The molecule has 2 aromatic carbocycles. The Kier molecular flexibility index (Phi) is 6.26. The summed E-state index contributed by atoms with van der Waals surface area (Å²) in [7, 11) is 0. The Balaban J connectivity index is 1.69. The van der Waals surface area contributed by atoms with Gasteiger partial charge in [0, 0.05) is 30.3 Å². The van der Waals surface area contributed by atoms with Crippen LogP contribution in [0.4, 0.5) is 0 Å². The third kappa shape index (κ3) is 4.87. The van der Waals surface area contributed by atoms with Crippen molar-refractivity contribution in [3.63, 3.8) is 0 Å². The molecule has 0 radical (unpaired) electrons. The highest BCUT2D eigenvalue weighted by molar-refractivity contribution is 5.94. The molecular formula is C23H25NO4. The lowest BCUT2D eigenvalue weighted by molar-refractivity contribution is 0.0757. The molecule has 0 aliphatic carbocycles. The van der Waals surface area contributed by atoms with Crippen molar-refractivity contribution >= 4 is 16.9 Å². The van der Waals surface area contributed by atoms with Gasteiger partial charge in [0.1, 0.15) is 11.3 Å². The first kappa shape index (κ1) is 19.8. The number of hydrogen-bond acceptors (Lipinski definition) is 4. The number of nitrogens with one attached hydrogen (secondary N) is 1. The van der Waals surface area contributed by atoms with Gasteiger partial charge in [-0.25, -0.2) is 0 Å². The molecule has 146 valence electrons. The van der Waals surface area contributed by atoms with Crippen molar-refractivity contribution in [2.75, 3.05) is 13.2 Å². The Morgan fingerprint density at radius 1 is 1.11 bits per heavy atom. The van der Waals surface area contributed by atoms with Crippen LogP contribution in [-0.4, -0.2) is 25.2 Å². The summed E-state index contributed by atoms with van der Waals surface area (Å²) in [5, 5.41) is 3.45. The fraction of sp³-hybridized carbons (Fsp3) is 0.304. The molecule has 1 aromatic heterocycles. The maximum atomic E-state index is 12.4. The molecule has 3 rings (SSSR count). The van der Waals surface area contributed by atoms with E-state index in [4.69, 9.17) is 9.15 Å². The number of carbonyl (C=O) groups is 1. The van der Waals surface area contributed by atoms with Crippen LogP contribution in [0.15, 0.2) is 57.7 Å². The minimum Gasteiger partial charge on any atom is -0.456 e. The van der Waals surface area contributed by atoms with Gasteiger partial charge in [0.15, 0.2) is 5.43 Å². The average molecular weight is 379 g/mol. The van der Waals surface area contributed by atoms with Gasteiger partial charge in [0.25, 0.3) is 5.91 Å². The van der Waals surface area contributed by atoms with Gasteiger partial charge in [-0.3, -0.25) is 9.59 Å². The highest BCUT2D eigenvalue weighted by Crippen LogP contribution is 2.23. The van der Waals surface area contributed by atoms with Crippen LogP contribution in [0.3, 0.4) is 0 Å². The lowest BCUT2D eigenvalue weighted by Crippen LogP contribution is -2.25. The number of rotatable bonds is 7. The number of ether oxygens (including phenoxy) is 1. The summed E-state index contributed by atoms with van der Waals surface area (Å²) in [5.41, 5.74) is 2.80. The summed E-state index contributed by atoms with van der Waals surface area (Å²) in [5.74, 6) is 0.352. The highest BCUT2D eigenvalue weighted by Gasteiger charge is 2.09. The van der Waals surface area contributed by atoms with E-state index in [1.165, 1.54) is 6.07 Å². The van der Waals surface area contributed by atoms with E-state index in [1.54, 1.807) is 30.3 Å². The first-order valence-electron chi connectivity index (χ1n) is 9.49. The Morgan fingerprint density at radius 3 is 2.57 bits per heavy atom. The maximum absolute atomic E-state index is 12.4. The monoisotopic (exact) mass is 379 g/mol. The average Bonchev–Trinajstić information content (AvgIpc) is 2.68. The molecule has 0 saturated carbocycles. The quantitative estimate of drug-likeness (QED) is 0.621. The van der Waals surface area contributed by atoms with E-state index in [0.717, 1.165) is 17.5 Å². The molecule has 0 unspecified atom stereocenters. The van der Waals surface area contributed by atoms with Gasteiger partial charge in [-0.15, -0.1) is 0 Å². The molecule has 0 fully saturated rings. The zero-order chi connectivity index (χ0) is 20.1. The number of benzene rings is 2. The van der Waals surface area contributed by atoms with E-state index < -0.39 is 0 Å². The molecule has 0 atom stereocenters. The second-order valence-electron chi connectivity index (χ2n) is 7.08. The van der Waals surface area contributed by atoms with Crippen molar-refractivity contribution in [3.05, 3.63) is 69.9 Å². The van der Waals surface area contributed by atoms with E-state index >= 15 is 0 Å². The second kappa shape index (κ2) is 8.85. The zero-order valence-corrected chi connectivity index (χ0v) is 16.5. The summed E-state index contributed by atoms with van der Waals surface area (Å²) in [4.78, 5) is 24.6. The SMILES string of the molecule is Cc1ccc2oc(-c3ccc(C(=O)NCCCOC(C)C)cc3)cc(=O)c2c1. The predicted molar refractivity (Wildman–Crippen MR) is 111 cm³/mol. The van der Waals surface area contributed by atoms with Crippen LogP contribution >= 0.6 is 0 Å². The van der Waals surface area contributed by atoms with Gasteiger partial charge in [0.05, 0.1) is 11.5 Å². The van der Waals surface area contributed by atoms with Crippen LogP contribution in [0.5, 0.6) is 0 Å². The Labute approximate surface area is 164 Å². The topological polar surface area (TPSA) is 68.5 Å². The minimum atomic E-state index is -0.133. The third-order valence-corrected chi connectivity index (χ3v) is 4.37. The van der Waals surface area contributed by atoms with Crippen molar-refractivity contribution in [2.45, 2.75) is 33.3 Å². The summed E-state index contributed by atoms with van der Waals surface area (Å²) < 4.78 is 11.3. The van der Waals surface area contributed by atoms with Crippen LogP contribution in [0.2, 0.25) is 0 Å². The smallest absolute Gasteiger partial charge is 0.251 e. The maximum Gasteiger partial charge on any atom is 0.251 e. The molecule has 1 heterocycles. The number of fused-ring (bicyclic) bond motifs is 1. The first-order valence-corrected chi connectivity index (χ1v) is 9.49. The van der Waals surface area contributed by atoms with Gasteiger partial charge in [-0.2, -0.15) is 0 Å². The fourth-order valence-electron chi connectivity index (χ4n) is 2.89. The van der Waals surface area contributed by atoms with Gasteiger partial charge in [-0.05, 0) is 51.5 Å². The molecule has 1 amide bonds. The minimum absolute atomic E-state index is 0.0783. The molecule has 5 nitrogen and oxygen atoms in total. The Morgan fingerprint density at radius 2 is 1.86 bits per heavy atom. The van der Waals surface area contributed by atoms with Gasteiger partial charge < -0.3 is 14.5 Å². The molecule has 5 heteroatoms. The highest BCUT2D eigenvalue weighted by atomic mass is 16.5. The van der Waals surface area contributed by atoms with Crippen molar-refractivity contribution < 1.29 is 13.9 Å². The summed E-state index contributed by atoms with van der Waals surface area (Å²) >= 11 is 0. The number of carbonyl (C=O) groups excluding carboxylic acids is 1. The molecule has 0 saturated heterocycles. The third-order valence-electron chi connectivity index (χ3n) is 4.37. The molecule has 0 aliphatic heterocycles. The van der Waals surface area contributed by atoms with E-state index in [-0.39, 0.29) is 17.4 Å². The van der Waals surface area contributed by atoms with E-state index in [2.05, 4.69) is 5.32 Å². The van der Waals surface area contributed by atoms with Crippen LogP contribution in [0.25, 0.3) is 22.3 Å². The lowest BCUT2D eigenvalue weighted by atomic mass is 10.1. The Hall–Kier alpha value is -2.92. The standard InChI is InChI=1S/C23H25NO4/c1-15(2)27-12-4-11-24-23(26)18-8-6-17(7-9-18)22-14-20(25)19-13-16(3)5-10-21(19)28-22/h5-10,13-15H,4,11-12H2,1-3H3,(H,24,26). The van der Waals surface area contributed by atoms with Crippen molar-refractivity contribution in [1.82, 2.24) is 5.32 Å². The molecule has 3 aromatic rings. The number of hydrogen-bond donors (Lipinski definition) is 1. The van der Waals surface area contributed by atoms with Crippen molar-refractivity contribution in [3.8, 4) is 11.3 Å². The van der Waals surface area contributed by atoms with E-state index in [1.807, 2.05) is 32.9 Å². The van der Waals surface area contributed by atoms with Gasteiger partial charge >= 0.3 is 0 Å². The molecular weight excluding hydrogens is 354 g/mol. The zero-order valence-electron chi connectivity index (χ0n) is 16.5. The van der Waals surface area contributed by atoms with E-state index in [9.17, 15) is 9.59 Å². The Bertz CT molecular complexity index is 1020. The normalized spacial score (nSPS) is 11.1. The second-order valence-corrected chi connectivity index (χ2v) is 7.08. The molecule has 0 bridgehead atoms. The van der Waals surface area contributed by atoms with Crippen LogP contribution < -0.4 is 10.7 Å². The largest absolute Gasteiger partial charge is 0.456 e. The van der Waals surface area contributed by atoms with Crippen LogP contribution in [0.1, 0.15) is 36.2 Å². The number of amides is 1. The van der Waals surface area contributed by atoms with Gasteiger partial charge in [-0.1, -0.05) is 23.8 Å². The fourth-order valence-corrected chi connectivity index (χ4v) is 2.89. The van der Waals surface area contributed by atoms with Crippen molar-refractivity contribution in [2.24, 2.45) is 0 Å². The van der Waals surface area contributed by atoms with Gasteiger partial charge in [0.2, 0.25) is 0 Å².